The fourth-order valence-corrected chi connectivity index (χ4v) is 8.54. The fraction of sp³-hybridized carbons (Fsp3) is 0.357. The quantitative estimate of drug-likeness (QED) is 0.148. The molecule has 6 aromatic rings. The molecule has 0 aliphatic carbocycles. The number of aromatic nitrogens is 4. The number of halogens is 2. The summed E-state index contributed by atoms with van der Waals surface area (Å²) >= 11 is 13.5. The number of amides is 1. The summed E-state index contributed by atoms with van der Waals surface area (Å²) in [6, 6.07) is 13.5. The number of carbonyl (C=O) groups excluding carboxylic acids is 1. The zero-order valence-corrected chi connectivity index (χ0v) is 33.2. The van der Waals surface area contributed by atoms with Gasteiger partial charge in [-0.2, -0.15) is 5.10 Å². The van der Waals surface area contributed by atoms with Gasteiger partial charge in [-0.3, -0.25) is 9.48 Å². The summed E-state index contributed by atoms with van der Waals surface area (Å²) in [6.07, 6.45) is 1.24. The van der Waals surface area contributed by atoms with Gasteiger partial charge < -0.3 is 23.9 Å². The minimum Gasteiger partial charge on any atom is -0.494 e. The molecule has 0 saturated carbocycles. The van der Waals surface area contributed by atoms with E-state index in [-0.39, 0.29) is 23.6 Å². The van der Waals surface area contributed by atoms with Crippen molar-refractivity contribution in [3.63, 3.8) is 0 Å². The largest absolute Gasteiger partial charge is 0.494 e. The van der Waals surface area contributed by atoms with Crippen LogP contribution in [-0.2, 0) is 20.5 Å². The number of ether oxygens (including phenoxy) is 1. The molecule has 9 nitrogen and oxygen atoms in total. The molecular weight excluding hydrogens is 709 g/mol. The van der Waals surface area contributed by atoms with Crippen LogP contribution in [0.5, 0.6) is 5.75 Å². The highest BCUT2D eigenvalue weighted by atomic mass is 35.5. The standard InChI is InChI=1S/C42H45Cl2N5O4/c1-21(2)27-17-28-19-34(42(51)52)46(8)38(28)33(18-27)48-20-24(5)49-39-31(12-13-32(43)36(39)35-25(6)45-47(9)26(35)7)30(40(49)41(48)50)11-10-14-53-29-15-22(3)37(44)23(4)16-29/h12-13,15-19,21,24H,10-11,14,20H2,1-9H3,(H,51,52). The topological polar surface area (TPSA) is 94.5 Å². The van der Waals surface area contributed by atoms with Gasteiger partial charge in [-0.05, 0) is 112 Å². The number of carboxylic acid groups (broad SMARTS) is 1. The van der Waals surface area contributed by atoms with Crippen LogP contribution in [-0.4, -0.2) is 49.0 Å². The summed E-state index contributed by atoms with van der Waals surface area (Å²) < 4.78 is 12.0. The van der Waals surface area contributed by atoms with Crippen LogP contribution in [0.15, 0.2) is 42.5 Å². The van der Waals surface area contributed by atoms with Crippen molar-refractivity contribution in [3.05, 3.63) is 97.5 Å². The molecule has 0 fully saturated rings. The van der Waals surface area contributed by atoms with Crippen molar-refractivity contribution < 1.29 is 19.4 Å². The Kier molecular flexibility index (Phi) is 9.40. The third-order valence-corrected chi connectivity index (χ3v) is 11.8. The number of aromatic carboxylic acids is 1. The lowest BCUT2D eigenvalue weighted by Gasteiger charge is -2.35. The van der Waals surface area contributed by atoms with Gasteiger partial charge in [-0.15, -0.1) is 0 Å². The van der Waals surface area contributed by atoms with Crippen LogP contribution in [0.25, 0.3) is 32.9 Å². The normalized spacial score (nSPS) is 14.6. The summed E-state index contributed by atoms with van der Waals surface area (Å²) in [7, 11) is 3.68. The molecule has 1 amide bonds. The predicted molar refractivity (Wildman–Crippen MR) is 214 cm³/mol. The average Bonchev–Trinajstić information content (AvgIpc) is 3.71. The molecule has 1 atom stereocenters. The maximum absolute atomic E-state index is 15.2. The van der Waals surface area contributed by atoms with Crippen LogP contribution in [0, 0.1) is 27.7 Å². The Morgan fingerprint density at radius 1 is 1.00 bits per heavy atom. The summed E-state index contributed by atoms with van der Waals surface area (Å²) in [6.45, 7) is 15.1. The van der Waals surface area contributed by atoms with E-state index in [9.17, 15) is 9.90 Å². The maximum atomic E-state index is 15.2. The number of carboxylic acids is 1. The van der Waals surface area contributed by atoms with Crippen molar-refractivity contribution >= 4 is 62.6 Å². The molecule has 0 radical (unpaired) electrons. The van der Waals surface area contributed by atoms with Gasteiger partial charge >= 0.3 is 5.97 Å². The minimum absolute atomic E-state index is 0.138. The van der Waals surface area contributed by atoms with Gasteiger partial charge in [-0.25, -0.2) is 4.79 Å². The first kappa shape index (κ1) is 36.6. The number of rotatable bonds is 9. The van der Waals surface area contributed by atoms with Crippen LogP contribution >= 0.6 is 23.2 Å². The Hall–Kier alpha value is -4.73. The second-order valence-electron chi connectivity index (χ2n) is 14.8. The molecule has 53 heavy (non-hydrogen) atoms. The van der Waals surface area contributed by atoms with Gasteiger partial charge in [0.15, 0.2) is 0 Å². The van der Waals surface area contributed by atoms with E-state index in [1.165, 1.54) is 0 Å². The number of aryl methyl sites for hydroxylation is 6. The predicted octanol–water partition coefficient (Wildman–Crippen LogP) is 10.1. The van der Waals surface area contributed by atoms with Gasteiger partial charge in [-0.1, -0.05) is 43.1 Å². The average molecular weight is 755 g/mol. The molecule has 11 heteroatoms. The highest BCUT2D eigenvalue weighted by Crippen LogP contribution is 2.46. The Labute approximate surface area is 319 Å². The lowest BCUT2D eigenvalue weighted by atomic mass is 9.98. The van der Waals surface area contributed by atoms with Crippen LogP contribution < -0.4 is 9.64 Å². The van der Waals surface area contributed by atoms with Crippen LogP contribution in [0.4, 0.5) is 5.69 Å². The first-order valence-electron chi connectivity index (χ1n) is 18.0. The van der Waals surface area contributed by atoms with Gasteiger partial charge in [0.25, 0.3) is 5.91 Å². The number of nitrogens with zero attached hydrogens (tertiary/aromatic N) is 5. The summed E-state index contributed by atoms with van der Waals surface area (Å²) in [4.78, 5) is 29.4. The zero-order chi connectivity index (χ0) is 38.2. The molecule has 0 bridgehead atoms. The lowest BCUT2D eigenvalue weighted by Crippen LogP contribution is -2.43. The van der Waals surface area contributed by atoms with E-state index in [0.29, 0.717) is 47.9 Å². The molecule has 7 rings (SSSR count). The van der Waals surface area contributed by atoms with Crippen LogP contribution in [0.2, 0.25) is 10.0 Å². The van der Waals surface area contributed by atoms with Crippen molar-refractivity contribution in [1.82, 2.24) is 18.9 Å². The second-order valence-corrected chi connectivity index (χ2v) is 15.6. The third kappa shape index (κ3) is 5.98. The molecule has 3 aromatic heterocycles. The SMILES string of the molecule is Cc1cc(OCCCc2c3n(c4c(-c5c(C)nn(C)c5C)c(Cl)ccc24)C(C)CN(c2cc(C(C)C)cc4cc(C(=O)O)n(C)c24)C3=O)cc(C)c1Cl. The number of anilines is 1. The minimum atomic E-state index is -1.02. The number of hydrogen-bond donors (Lipinski definition) is 1. The molecule has 4 heterocycles. The second kappa shape index (κ2) is 13.6. The third-order valence-electron chi connectivity index (χ3n) is 10.9. The van der Waals surface area contributed by atoms with Gasteiger partial charge in [0, 0.05) is 59.3 Å². The smallest absolute Gasteiger partial charge is 0.352 e. The van der Waals surface area contributed by atoms with Gasteiger partial charge in [0.05, 0.1) is 34.0 Å². The first-order valence-corrected chi connectivity index (χ1v) is 18.8. The van der Waals surface area contributed by atoms with Crippen molar-refractivity contribution in [2.75, 3.05) is 18.1 Å². The first-order chi connectivity index (χ1) is 25.1. The van der Waals surface area contributed by atoms with E-state index in [1.54, 1.807) is 17.7 Å². The van der Waals surface area contributed by atoms with Crippen molar-refractivity contribution in [3.8, 4) is 16.9 Å². The van der Waals surface area contributed by atoms with Crippen LogP contribution in [0.3, 0.4) is 0 Å². The number of carbonyl (C=O) groups is 2. The van der Waals surface area contributed by atoms with E-state index in [4.69, 9.17) is 33.0 Å². The van der Waals surface area contributed by atoms with E-state index in [0.717, 1.165) is 71.8 Å². The van der Waals surface area contributed by atoms with E-state index in [1.807, 2.05) is 74.7 Å². The monoisotopic (exact) mass is 753 g/mol. The van der Waals surface area contributed by atoms with E-state index >= 15 is 4.79 Å². The summed E-state index contributed by atoms with van der Waals surface area (Å²) in [5.74, 6) is -0.230. The van der Waals surface area contributed by atoms with Crippen molar-refractivity contribution in [1.29, 1.82) is 0 Å². The Balaban J connectivity index is 1.41. The summed E-state index contributed by atoms with van der Waals surface area (Å²) in [5.41, 5.74) is 10.7. The molecule has 0 spiro atoms. The molecule has 1 aliphatic rings. The molecule has 276 valence electrons. The Morgan fingerprint density at radius 3 is 2.32 bits per heavy atom. The number of fused-ring (bicyclic) bond motifs is 4. The van der Waals surface area contributed by atoms with Crippen LogP contribution in [0.1, 0.15) is 93.8 Å². The Bertz CT molecular complexity index is 2460. The fourth-order valence-electron chi connectivity index (χ4n) is 8.19. The molecular formula is C42H45Cl2N5O4. The van der Waals surface area contributed by atoms with Gasteiger partial charge in [0.1, 0.15) is 17.1 Å². The van der Waals surface area contributed by atoms with Crippen molar-refractivity contribution in [2.24, 2.45) is 14.1 Å². The molecule has 1 unspecified atom stereocenters. The lowest BCUT2D eigenvalue weighted by molar-refractivity contribution is 0.0687. The zero-order valence-electron chi connectivity index (χ0n) is 31.7. The molecule has 1 N–H and O–H groups in total. The highest BCUT2D eigenvalue weighted by Gasteiger charge is 2.38. The number of hydrogen-bond acceptors (Lipinski definition) is 4. The molecule has 1 aliphatic heterocycles. The number of benzene rings is 3. The molecule has 3 aromatic carbocycles. The van der Waals surface area contributed by atoms with Gasteiger partial charge in [0.2, 0.25) is 0 Å². The summed E-state index contributed by atoms with van der Waals surface area (Å²) in [5, 5.41) is 17.9. The van der Waals surface area contributed by atoms with Crippen molar-refractivity contribution in [2.45, 2.75) is 73.3 Å². The molecule has 0 saturated heterocycles. The van der Waals surface area contributed by atoms with E-state index < -0.39 is 5.97 Å². The Morgan fingerprint density at radius 2 is 1.70 bits per heavy atom. The van der Waals surface area contributed by atoms with E-state index in [2.05, 4.69) is 31.4 Å². The maximum Gasteiger partial charge on any atom is 0.352 e. The highest BCUT2D eigenvalue weighted by molar-refractivity contribution is 6.35.